The Morgan fingerprint density at radius 3 is 2.95 bits per heavy atom. The minimum Gasteiger partial charge on any atom is -0.355 e. The highest BCUT2D eigenvalue weighted by Gasteiger charge is 2.37. The largest absolute Gasteiger partial charge is 0.355 e. The van der Waals surface area contributed by atoms with E-state index in [1.807, 2.05) is 11.6 Å². The van der Waals surface area contributed by atoms with E-state index in [9.17, 15) is 4.79 Å². The number of carbonyl (C=O) groups excluding carboxylic acids is 1. The molecule has 1 aromatic rings. The zero-order valence-electron chi connectivity index (χ0n) is 13.8. The van der Waals surface area contributed by atoms with E-state index in [1.165, 1.54) is 31.4 Å². The normalized spacial score (nSPS) is 27.6. The van der Waals surface area contributed by atoms with Gasteiger partial charge in [0.15, 0.2) is 0 Å². The predicted molar refractivity (Wildman–Crippen MR) is 86.6 cm³/mol. The minimum absolute atomic E-state index is 0.0294. The molecule has 3 unspecified atom stereocenters. The van der Waals surface area contributed by atoms with Crippen LogP contribution in [0.1, 0.15) is 49.9 Å². The summed E-state index contributed by atoms with van der Waals surface area (Å²) < 4.78 is 2.02. The van der Waals surface area contributed by atoms with Crippen molar-refractivity contribution in [2.45, 2.75) is 71.0 Å². The fraction of sp³-hybridized carbons (Fsp3) is 0.765. The Labute approximate surface area is 132 Å². The van der Waals surface area contributed by atoms with E-state index in [4.69, 9.17) is 0 Å². The van der Waals surface area contributed by atoms with Crippen LogP contribution >= 0.6 is 0 Å². The molecule has 1 aliphatic heterocycles. The first-order chi connectivity index (χ1) is 10.6. The van der Waals surface area contributed by atoms with Crippen molar-refractivity contribution in [1.29, 1.82) is 0 Å². The molecule has 1 saturated carbocycles. The van der Waals surface area contributed by atoms with Crippen molar-refractivity contribution in [3.05, 3.63) is 17.5 Å². The van der Waals surface area contributed by atoms with Gasteiger partial charge < -0.3 is 10.6 Å². The molecule has 1 aromatic heterocycles. The highest BCUT2D eigenvalue weighted by Crippen LogP contribution is 2.33. The number of rotatable bonds is 5. The maximum Gasteiger partial charge on any atom is 0.237 e. The van der Waals surface area contributed by atoms with Gasteiger partial charge in [0.1, 0.15) is 0 Å². The maximum absolute atomic E-state index is 12.3. The molecule has 2 aliphatic rings. The van der Waals surface area contributed by atoms with Crippen LogP contribution in [0.25, 0.3) is 0 Å². The lowest BCUT2D eigenvalue weighted by atomic mass is 9.85. The van der Waals surface area contributed by atoms with Crippen molar-refractivity contribution in [3.8, 4) is 0 Å². The minimum atomic E-state index is 0.0294. The molecule has 0 spiro atoms. The lowest BCUT2D eigenvalue weighted by Crippen LogP contribution is -2.43. The summed E-state index contributed by atoms with van der Waals surface area (Å²) in [6.45, 7) is 5.67. The summed E-state index contributed by atoms with van der Waals surface area (Å²) >= 11 is 0. The number of hydrogen-bond donors (Lipinski definition) is 2. The summed E-state index contributed by atoms with van der Waals surface area (Å²) in [5.41, 5.74) is 2.24. The molecule has 1 saturated heterocycles. The second-order valence-electron chi connectivity index (χ2n) is 6.90. The average Bonchev–Trinajstić information content (AvgIpc) is 3.06. The second kappa shape index (κ2) is 6.82. The second-order valence-corrected chi connectivity index (χ2v) is 6.90. The number of aromatic nitrogens is 2. The van der Waals surface area contributed by atoms with E-state index in [1.54, 1.807) is 0 Å². The standard InChI is InChI=1S/C17H28N4O/c1-12-10-13(2)21(20-12)9-5-8-18-17(22)16-11-14-6-3-4-7-15(14)19-16/h10,14-16,19H,3-9,11H2,1-2H3,(H,18,22). The summed E-state index contributed by atoms with van der Waals surface area (Å²) in [6, 6.07) is 2.70. The Kier molecular flexibility index (Phi) is 4.81. The van der Waals surface area contributed by atoms with Gasteiger partial charge in [-0.05, 0) is 51.5 Å². The van der Waals surface area contributed by atoms with Crippen LogP contribution < -0.4 is 10.6 Å². The van der Waals surface area contributed by atoms with Gasteiger partial charge in [0.25, 0.3) is 0 Å². The van der Waals surface area contributed by atoms with Gasteiger partial charge in [0.2, 0.25) is 5.91 Å². The quantitative estimate of drug-likeness (QED) is 0.817. The van der Waals surface area contributed by atoms with E-state index < -0.39 is 0 Å². The molecular formula is C17H28N4O. The SMILES string of the molecule is Cc1cc(C)n(CCCNC(=O)C2CC3CCCCC3N2)n1. The molecule has 122 valence electrons. The smallest absolute Gasteiger partial charge is 0.237 e. The predicted octanol–water partition coefficient (Wildman–Crippen LogP) is 1.93. The average molecular weight is 304 g/mol. The number of carbonyl (C=O) groups is 1. The van der Waals surface area contributed by atoms with Crippen LogP contribution in [0.15, 0.2) is 6.07 Å². The number of fused-ring (bicyclic) bond motifs is 1. The molecule has 3 atom stereocenters. The molecule has 2 heterocycles. The van der Waals surface area contributed by atoms with Crippen LogP contribution in [-0.4, -0.2) is 34.3 Å². The summed E-state index contributed by atoms with van der Waals surface area (Å²) in [6.07, 6.45) is 7.12. The van der Waals surface area contributed by atoms with Gasteiger partial charge in [-0.25, -0.2) is 0 Å². The van der Waals surface area contributed by atoms with Gasteiger partial charge in [-0.15, -0.1) is 0 Å². The van der Waals surface area contributed by atoms with Crippen LogP contribution in [0.2, 0.25) is 0 Å². The van der Waals surface area contributed by atoms with Crippen LogP contribution in [-0.2, 0) is 11.3 Å². The number of hydrogen-bond acceptors (Lipinski definition) is 3. The van der Waals surface area contributed by atoms with Crippen molar-refractivity contribution < 1.29 is 4.79 Å². The monoisotopic (exact) mass is 304 g/mol. The zero-order valence-corrected chi connectivity index (χ0v) is 13.8. The van der Waals surface area contributed by atoms with Gasteiger partial charge in [-0.2, -0.15) is 5.10 Å². The molecule has 1 aliphatic carbocycles. The van der Waals surface area contributed by atoms with Gasteiger partial charge in [-0.1, -0.05) is 12.8 Å². The van der Waals surface area contributed by atoms with Crippen molar-refractivity contribution in [1.82, 2.24) is 20.4 Å². The highest BCUT2D eigenvalue weighted by atomic mass is 16.2. The molecule has 5 heteroatoms. The molecule has 0 bridgehead atoms. The number of nitrogens with zero attached hydrogens (tertiary/aromatic N) is 2. The molecule has 22 heavy (non-hydrogen) atoms. The Balaban J connectivity index is 1.38. The van der Waals surface area contributed by atoms with Crippen molar-refractivity contribution >= 4 is 5.91 Å². The molecule has 0 aromatic carbocycles. The summed E-state index contributed by atoms with van der Waals surface area (Å²) in [5, 5.41) is 11.1. The van der Waals surface area contributed by atoms with Crippen LogP contribution in [0.5, 0.6) is 0 Å². The maximum atomic E-state index is 12.3. The Morgan fingerprint density at radius 1 is 1.41 bits per heavy atom. The lowest BCUT2D eigenvalue weighted by Gasteiger charge is -2.24. The topological polar surface area (TPSA) is 59.0 Å². The summed E-state index contributed by atoms with van der Waals surface area (Å²) in [4.78, 5) is 12.3. The van der Waals surface area contributed by atoms with Crippen LogP contribution in [0, 0.1) is 19.8 Å². The van der Waals surface area contributed by atoms with Gasteiger partial charge >= 0.3 is 0 Å². The van der Waals surface area contributed by atoms with Crippen LogP contribution in [0.4, 0.5) is 0 Å². The first-order valence-electron chi connectivity index (χ1n) is 8.68. The molecule has 1 amide bonds. The number of amides is 1. The van der Waals surface area contributed by atoms with Crippen molar-refractivity contribution in [3.63, 3.8) is 0 Å². The molecular weight excluding hydrogens is 276 g/mol. The highest BCUT2D eigenvalue weighted by molar-refractivity contribution is 5.82. The first kappa shape index (κ1) is 15.5. The molecule has 5 nitrogen and oxygen atoms in total. The Morgan fingerprint density at radius 2 is 2.23 bits per heavy atom. The molecule has 0 radical (unpaired) electrons. The molecule has 2 N–H and O–H groups in total. The first-order valence-corrected chi connectivity index (χ1v) is 8.68. The summed E-state index contributed by atoms with van der Waals surface area (Å²) in [7, 11) is 0. The molecule has 3 rings (SSSR count). The van der Waals surface area contributed by atoms with Crippen LogP contribution in [0.3, 0.4) is 0 Å². The number of nitrogens with one attached hydrogen (secondary N) is 2. The van der Waals surface area contributed by atoms with Gasteiger partial charge in [-0.3, -0.25) is 9.48 Å². The number of aryl methyl sites for hydroxylation is 3. The van der Waals surface area contributed by atoms with E-state index in [0.717, 1.165) is 37.5 Å². The third-order valence-electron chi connectivity index (χ3n) is 5.13. The lowest BCUT2D eigenvalue weighted by molar-refractivity contribution is -0.122. The summed E-state index contributed by atoms with van der Waals surface area (Å²) in [5.74, 6) is 0.905. The van der Waals surface area contributed by atoms with Gasteiger partial charge in [0.05, 0.1) is 11.7 Å². The van der Waals surface area contributed by atoms with Crippen molar-refractivity contribution in [2.75, 3.05) is 6.54 Å². The molecule has 2 fully saturated rings. The third kappa shape index (κ3) is 3.51. The van der Waals surface area contributed by atoms with Gasteiger partial charge in [0, 0.05) is 24.8 Å². The van der Waals surface area contributed by atoms with E-state index in [0.29, 0.717) is 6.04 Å². The fourth-order valence-corrected chi connectivity index (χ4v) is 3.99. The van der Waals surface area contributed by atoms with E-state index in [-0.39, 0.29) is 11.9 Å². The third-order valence-corrected chi connectivity index (χ3v) is 5.13. The fourth-order valence-electron chi connectivity index (χ4n) is 3.99. The van der Waals surface area contributed by atoms with Crippen molar-refractivity contribution in [2.24, 2.45) is 5.92 Å². The Hall–Kier alpha value is -1.36. The van der Waals surface area contributed by atoms with E-state index in [2.05, 4.69) is 28.7 Å². The van der Waals surface area contributed by atoms with E-state index >= 15 is 0 Å². The Bertz CT molecular complexity index is 511. The zero-order chi connectivity index (χ0) is 15.5.